The number of aryl methyl sites for hydroxylation is 1. The Kier molecular flexibility index (Phi) is 4.77. The molecule has 0 spiro atoms. The molecule has 0 saturated heterocycles. The summed E-state index contributed by atoms with van der Waals surface area (Å²) in [6, 6.07) is 7.14. The van der Waals surface area contributed by atoms with Gasteiger partial charge in [-0.1, -0.05) is 32.0 Å². The van der Waals surface area contributed by atoms with Crippen LogP contribution in [0.1, 0.15) is 30.9 Å². The highest BCUT2D eigenvalue weighted by molar-refractivity contribution is 9.10. The zero-order valence-electron chi connectivity index (χ0n) is 12.6. The van der Waals surface area contributed by atoms with Crippen molar-refractivity contribution in [1.29, 1.82) is 0 Å². The second kappa shape index (κ2) is 6.26. The molecule has 2 rings (SSSR count). The number of aromatic nitrogens is 1. The van der Waals surface area contributed by atoms with Crippen LogP contribution >= 0.6 is 15.9 Å². The molecule has 0 fully saturated rings. The van der Waals surface area contributed by atoms with E-state index in [2.05, 4.69) is 25.6 Å². The quantitative estimate of drug-likeness (QED) is 0.843. The van der Waals surface area contributed by atoms with Gasteiger partial charge in [-0.2, -0.15) is 0 Å². The van der Waals surface area contributed by atoms with Crippen LogP contribution in [0.25, 0.3) is 0 Å². The Balaban J connectivity index is 2.53. The number of pyridine rings is 1. The Bertz CT molecular complexity index is 804. The predicted molar refractivity (Wildman–Crippen MR) is 92.4 cm³/mol. The molecule has 5 nitrogen and oxygen atoms in total. The first-order valence-corrected chi connectivity index (χ1v) is 9.03. The molecular weight excluding hydrogens is 366 g/mol. The van der Waals surface area contributed by atoms with Crippen molar-refractivity contribution in [3.63, 3.8) is 0 Å². The molecule has 1 heterocycles. The minimum atomic E-state index is -3.81. The van der Waals surface area contributed by atoms with Crippen LogP contribution in [-0.2, 0) is 10.0 Å². The van der Waals surface area contributed by atoms with Gasteiger partial charge in [0.1, 0.15) is 10.7 Å². The fourth-order valence-corrected chi connectivity index (χ4v) is 3.90. The van der Waals surface area contributed by atoms with Gasteiger partial charge < -0.3 is 5.73 Å². The van der Waals surface area contributed by atoms with Crippen molar-refractivity contribution in [2.75, 3.05) is 10.5 Å². The average molecular weight is 384 g/mol. The number of hydrogen-bond acceptors (Lipinski definition) is 4. The number of rotatable bonds is 4. The SMILES string of the molecule is Cc1cccc(C(C)C)c1NS(=O)(=O)c1cc(Br)cnc1N. The smallest absolute Gasteiger partial charge is 0.265 e. The van der Waals surface area contributed by atoms with Crippen LogP contribution in [0, 0.1) is 6.92 Å². The lowest BCUT2D eigenvalue weighted by atomic mass is 9.99. The topological polar surface area (TPSA) is 85.1 Å². The maximum absolute atomic E-state index is 12.6. The minimum Gasteiger partial charge on any atom is -0.383 e. The number of nitrogens with one attached hydrogen (secondary N) is 1. The Morgan fingerprint density at radius 2 is 2.00 bits per heavy atom. The van der Waals surface area contributed by atoms with Gasteiger partial charge in [-0.05, 0) is 46.0 Å². The lowest BCUT2D eigenvalue weighted by Gasteiger charge is -2.18. The molecule has 1 aromatic heterocycles. The molecule has 0 aliphatic rings. The summed E-state index contributed by atoms with van der Waals surface area (Å²) >= 11 is 3.22. The molecule has 0 radical (unpaired) electrons. The highest BCUT2D eigenvalue weighted by atomic mass is 79.9. The third-order valence-electron chi connectivity index (χ3n) is 3.30. The number of benzene rings is 1. The Morgan fingerprint density at radius 3 is 2.64 bits per heavy atom. The van der Waals surface area contributed by atoms with Crippen molar-refractivity contribution in [1.82, 2.24) is 4.98 Å². The molecule has 0 unspecified atom stereocenters. The summed E-state index contributed by atoms with van der Waals surface area (Å²) < 4.78 is 28.5. The largest absolute Gasteiger partial charge is 0.383 e. The molecule has 1 aromatic carbocycles. The fourth-order valence-electron chi connectivity index (χ4n) is 2.15. The van der Waals surface area contributed by atoms with Crippen LogP contribution in [0.15, 0.2) is 39.8 Å². The van der Waals surface area contributed by atoms with Crippen LogP contribution in [0.4, 0.5) is 11.5 Å². The number of halogens is 1. The lowest BCUT2D eigenvalue weighted by molar-refractivity contribution is 0.601. The summed E-state index contributed by atoms with van der Waals surface area (Å²) in [4.78, 5) is 3.84. The average Bonchev–Trinajstić information content (AvgIpc) is 2.43. The third kappa shape index (κ3) is 3.41. The summed E-state index contributed by atoms with van der Waals surface area (Å²) in [6.45, 7) is 5.90. The van der Waals surface area contributed by atoms with Crippen molar-refractivity contribution in [3.8, 4) is 0 Å². The van der Waals surface area contributed by atoms with Crippen LogP contribution in [0.2, 0.25) is 0 Å². The van der Waals surface area contributed by atoms with E-state index < -0.39 is 10.0 Å². The van der Waals surface area contributed by atoms with E-state index in [1.807, 2.05) is 39.0 Å². The van der Waals surface area contributed by atoms with E-state index in [1.54, 1.807) is 0 Å². The third-order valence-corrected chi connectivity index (χ3v) is 5.11. The zero-order valence-corrected chi connectivity index (χ0v) is 15.0. The van der Waals surface area contributed by atoms with E-state index in [0.717, 1.165) is 11.1 Å². The normalized spacial score (nSPS) is 11.7. The van der Waals surface area contributed by atoms with E-state index in [9.17, 15) is 8.42 Å². The van der Waals surface area contributed by atoms with Gasteiger partial charge >= 0.3 is 0 Å². The monoisotopic (exact) mass is 383 g/mol. The first kappa shape index (κ1) is 16.8. The molecule has 0 saturated carbocycles. The first-order valence-electron chi connectivity index (χ1n) is 6.75. The zero-order chi connectivity index (χ0) is 16.5. The molecule has 2 aromatic rings. The summed E-state index contributed by atoms with van der Waals surface area (Å²) in [6.07, 6.45) is 1.46. The van der Waals surface area contributed by atoms with Crippen molar-refractivity contribution in [2.45, 2.75) is 31.6 Å². The van der Waals surface area contributed by atoms with E-state index in [1.165, 1.54) is 12.3 Å². The van der Waals surface area contributed by atoms with Gasteiger partial charge in [-0.25, -0.2) is 13.4 Å². The lowest BCUT2D eigenvalue weighted by Crippen LogP contribution is -2.17. The van der Waals surface area contributed by atoms with Crippen LogP contribution in [0.3, 0.4) is 0 Å². The number of nitrogens with zero attached hydrogens (tertiary/aromatic N) is 1. The summed E-state index contributed by atoms with van der Waals surface area (Å²) in [5, 5.41) is 0. The summed E-state index contributed by atoms with van der Waals surface area (Å²) in [7, 11) is -3.81. The van der Waals surface area contributed by atoms with Gasteiger partial charge in [0, 0.05) is 10.7 Å². The maximum atomic E-state index is 12.6. The number of hydrogen-bond donors (Lipinski definition) is 2. The van der Waals surface area contributed by atoms with Gasteiger partial charge in [0.15, 0.2) is 0 Å². The van der Waals surface area contributed by atoms with Crippen molar-refractivity contribution < 1.29 is 8.42 Å². The van der Waals surface area contributed by atoms with E-state index in [0.29, 0.717) is 10.2 Å². The highest BCUT2D eigenvalue weighted by Crippen LogP contribution is 2.30. The Morgan fingerprint density at radius 1 is 1.32 bits per heavy atom. The van der Waals surface area contributed by atoms with Crippen molar-refractivity contribution in [2.24, 2.45) is 0 Å². The van der Waals surface area contributed by atoms with Crippen LogP contribution in [0.5, 0.6) is 0 Å². The summed E-state index contributed by atoms with van der Waals surface area (Å²) in [5.74, 6) is 0.158. The number of nitrogens with two attached hydrogens (primary N) is 1. The first-order chi connectivity index (χ1) is 10.2. The molecule has 0 atom stereocenters. The van der Waals surface area contributed by atoms with Gasteiger partial charge in [0.05, 0.1) is 5.69 Å². The van der Waals surface area contributed by atoms with Crippen LogP contribution in [-0.4, -0.2) is 13.4 Å². The maximum Gasteiger partial charge on any atom is 0.265 e. The molecule has 22 heavy (non-hydrogen) atoms. The second-order valence-corrected chi connectivity index (χ2v) is 7.90. The van der Waals surface area contributed by atoms with Gasteiger partial charge in [0.2, 0.25) is 0 Å². The molecule has 0 bridgehead atoms. The highest BCUT2D eigenvalue weighted by Gasteiger charge is 2.22. The van der Waals surface area contributed by atoms with Gasteiger partial charge in [-0.3, -0.25) is 4.72 Å². The van der Waals surface area contributed by atoms with Crippen LogP contribution < -0.4 is 10.5 Å². The number of para-hydroxylation sites is 1. The van der Waals surface area contributed by atoms with E-state index in [4.69, 9.17) is 5.73 Å². The fraction of sp³-hybridized carbons (Fsp3) is 0.267. The molecule has 7 heteroatoms. The molecular formula is C15H18BrN3O2S. The number of anilines is 2. The standard InChI is InChI=1S/C15H18BrN3O2S/c1-9(2)12-6-4-5-10(3)14(12)19-22(20,21)13-7-11(16)8-18-15(13)17/h4-9,19H,1-3H3,(H2,17,18). The Hall–Kier alpha value is -1.60. The second-order valence-electron chi connectivity index (χ2n) is 5.34. The minimum absolute atomic E-state index is 0.0321. The van der Waals surface area contributed by atoms with E-state index in [-0.39, 0.29) is 16.6 Å². The van der Waals surface area contributed by atoms with Gasteiger partial charge in [-0.15, -0.1) is 0 Å². The van der Waals surface area contributed by atoms with Gasteiger partial charge in [0.25, 0.3) is 10.0 Å². The Labute approximate surface area is 139 Å². The predicted octanol–water partition coefficient (Wildman–Crippen LogP) is 3.66. The molecule has 0 aliphatic heterocycles. The summed E-state index contributed by atoms with van der Waals surface area (Å²) in [5.41, 5.74) is 8.10. The molecule has 0 aliphatic carbocycles. The van der Waals surface area contributed by atoms with Crippen molar-refractivity contribution in [3.05, 3.63) is 46.1 Å². The number of sulfonamides is 1. The molecule has 0 amide bonds. The molecule has 3 N–H and O–H groups in total. The molecule has 118 valence electrons. The van der Waals surface area contributed by atoms with Crippen molar-refractivity contribution >= 4 is 37.5 Å². The number of nitrogen functional groups attached to an aromatic ring is 1. The van der Waals surface area contributed by atoms with E-state index >= 15 is 0 Å².